The van der Waals surface area contributed by atoms with Crippen molar-refractivity contribution in [1.82, 2.24) is 0 Å². The van der Waals surface area contributed by atoms with Crippen molar-refractivity contribution in [3.8, 4) is 0 Å². The normalized spacial score (nSPS) is 26.7. The lowest BCUT2D eigenvalue weighted by atomic mass is 9.91. The summed E-state index contributed by atoms with van der Waals surface area (Å²) in [6.45, 7) is 2.24. The minimum atomic E-state index is -0.956. The molecule has 1 fully saturated rings. The van der Waals surface area contributed by atoms with Crippen molar-refractivity contribution in [2.45, 2.75) is 42.8 Å². The van der Waals surface area contributed by atoms with Crippen LogP contribution in [-0.4, -0.2) is 9.46 Å². The van der Waals surface area contributed by atoms with Gasteiger partial charge in [0, 0.05) is 15.4 Å². The number of benzene rings is 1. The first-order valence-electron chi connectivity index (χ1n) is 6.03. The molecule has 0 spiro atoms. The molecule has 2 rings (SSSR count). The highest BCUT2D eigenvalue weighted by molar-refractivity contribution is 9.10. The summed E-state index contributed by atoms with van der Waals surface area (Å²) in [4.78, 5) is 0.798. The summed E-state index contributed by atoms with van der Waals surface area (Å²) in [6, 6.07) is 5.63. The van der Waals surface area contributed by atoms with Crippen LogP contribution in [0, 0.1) is 5.92 Å². The standard InChI is InChI=1S/C13H18BrNOS/c1-9-3-2-4-11(7-9)17(16)13-6-5-10(14)8-12(13)15/h5-6,8-9,11H,2-4,7,15H2,1H3. The minimum Gasteiger partial charge on any atom is -0.398 e. The van der Waals surface area contributed by atoms with E-state index in [1.807, 2.05) is 18.2 Å². The third kappa shape index (κ3) is 3.10. The van der Waals surface area contributed by atoms with Gasteiger partial charge in [0.1, 0.15) is 0 Å². The van der Waals surface area contributed by atoms with Crippen molar-refractivity contribution in [3.05, 3.63) is 22.7 Å². The lowest BCUT2D eigenvalue weighted by Gasteiger charge is -2.26. The van der Waals surface area contributed by atoms with Gasteiger partial charge in [0.15, 0.2) is 0 Å². The Bertz CT molecular complexity index is 435. The van der Waals surface area contributed by atoms with Gasteiger partial charge in [-0.25, -0.2) is 0 Å². The summed E-state index contributed by atoms with van der Waals surface area (Å²) in [7, 11) is -0.956. The summed E-state index contributed by atoms with van der Waals surface area (Å²) in [6.07, 6.45) is 4.58. The molecule has 0 bridgehead atoms. The third-order valence-corrected chi connectivity index (χ3v) is 5.71. The Morgan fingerprint density at radius 3 is 2.82 bits per heavy atom. The molecule has 1 aliphatic rings. The highest BCUT2D eigenvalue weighted by atomic mass is 79.9. The predicted molar refractivity (Wildman–Crippen MR) is 76.4 cm³/mol. The quantitative estimate of drug-likeness (QED) is 0.845. The smallest absolute Gasteiger partial charge is 0.0621 e. The van der Waals surface area contributed by atoms with Crippen LogP contribution in [0.25, 0.3) is 0 Å². The molecule has 3 atom stereocenters. The van der Waals surface area contributed by atoms with Crippen LogP contribution in [0.4, 0.5) is 5.69 Å². The van der Waals surface area contributed by atoms with Crippen LogP contribution in [-0.2, 0) is 10.8 Å². The highest BCUT2D eigenvalue weighted by Crippen LogP contribution is 2.32. The van der Waals surface area contributed by atoms with Gasteiger partial charge in [-0.2, -0.15) is 0 Å². The van der Waals surface area contributed by atoms with E-state index in [9.17, 15) is 4.21 Å². The Balaban J connectivity index is 2.18. The van der Waals surface area contributed by atoms with Crippen molar-refractivity contribution in [2.75, 3.05) is 5.73 Å². The van der Waals surface area contributed by atoms with Gasteiger partial charge in [-0.15, -0.1) is 0 Å². The molecular formula is C13H18BrNOS. The molecule has 0 aliphatic heterocycles. The molecule has 2 nitrogen and oxygen atoms in total. The molecule has 4 heteroatoms. The molecule has 1 aromatic carbocycles. The molecule has 3 unspecified atom stereocenters. The van der Waals surface area contributed by atoms with Crippen molar-refractivity contribution in [2.24, 2.45) is 5.92 Å². The maximum Gasteiger partial charge on any atom is 0.0621 e. The second kappa shape index (κ2) is 5.53. The Morgan fingerprint density at radius 2 is 2.18 bits per heavy atom. The maximum absolute atomic E-state index is 12.5. The van der Waals surface area contributed by atoms with Crippen LogP contribution in [0.5, 0.6) is 0 Å². The predicted octanol–water partition coefficient (Wildman–Crippen LogP) is 3.72. The summed E-state index contributed by atoms with van der Waals surface area (Å²) in [5.41, 5.74) is 6.58. The van der Waals surface area contributed by atoms with E-state index in [0.717, 1.165) is 22.2 Å². The van der Waals surface area contributed by atoms with Crippen molar-refractivity contribution >= 4 is 32.4 Å². The zero-order valence-corrected chi connectivity index (χ0v) is 12.4. The molecule has 17 heavy (non-hydrogen) atoms. The Hall–Kier alpha value is -0.350. The van der Waals surface area contributed by atoms with Crippen LogP contribution in [0.1, 0.15) is 32.6 Å². The second-order valence-corrected chi connectivity index (χ2v) is 7.49. The summed E-state index contributed by atoms with van der Waals surface area (Å²) in [5, 5.41) is 0.280. The Labute approximate surface area is 114 Å². The number of rotatable bonds is 2. The van der Waals surface area contributed by atoms with Crippen LogP contribution in [0.15, 0.2) is 27.6 Å². The lowest BCUT2D eigenvalue weighted by Crippen LogP contribution is -2.23. The monoisotopic (exact) mass is 315 g/mol. The molecule has 2 N–H and O–H groups in total. The van der Waals surface area contributed by atoms with Crippen LogP contribution in [0.2, 0.25) is 0 Å². The van der Waals surface area contributed by atoms with E-state index in [-0.39, 0.29) is 5.25 Å². The van der Waals surface area contributed by atoms with E-state index >= 15 is 0 Å². The zero-order valence-electron chi connectivity index (χ0n) is 9.99. The van der Waals surface area contributed by atoms with Crippen LogP contribution in [0.3, 0.4) is 0 Å². The highest BCUT2D eigenvalue weighted by Gasteiger charge is 2.25. The summed E-state index contributed by atoms with van der Waals surface area (Å²) < 4.78 is 13.4. The molecule has 1 aromatic rings. The molecular weight excluding hydrogens is 298 g/mol. The molecule has 0 amide bonds. The average Bonchev–Trinajstić information content (AvgIpc) is 2.28. The zero-order chi connectivity index (χ0) is 12.4. The minimum absolute atomic E-state index is 0.280. The molecule has 1 aliphatic carbocycles. The van der Waals surface area contributed by atoms with Gasteiger partial charge >= 0.3 is 0 Å². The van der Waals surface area contributed by atoms with Gasteiger partial charge in [-0.1, -0.05) is 35.7 Å². The third-order valence-electron chi connectivity index (χ3n) is 3.38. The van der Waals surface area contributed by atoms with Crippen molar-refractivity contribution in [3.63, 3.8) is 0 Å². The first kappa shape index (κ1) is 13.1. The fraction of sp³-hybridized carbons (Fsp3) is 0.538. The van der Waals surface area contributed by atoms with E-state index < -0.39 is 10.8 Å². The summed E-state index contributed by atoms with van der Waals surface area (Å²) in [5.74, 6) is 0.689. The van der Waals surface area contributed by atoms with Gasteiger partial charge in [0.2, 0.25) is 0 Å². The van der Waals surface area contributed by atoms with Gasteiger partial charge in [-0.3, -0.25) is 4.21 Å². The number of hydrogen-bond acceptors (Lipinski definition) is 2. The van der Waals surface area contributed by atoms with E-state index in [1.54, 1.807) is 0 Å². The van der Waals surface area contributed by atoms with E-state index in [1.165, 1.54) is 12.8 Å². The second-order valence-electron chi connectivity index (χ2n) is 4.87. The summed E-state index contributed by atoms with van der Waals surface area (Å²) >= 11 is 3.37. The average molecular weight is 316 g/mol. The van der Waals surface area contributed by atoms with Gasteiger partial charge in [0.25, 0.3) is 0 Å². The fourth-order valence-corrected chi connectivity index (χ4v) is 4.57. The lowest BCUT2D eigenvalue weighted by molar-refractivity contribution is 0.389. The SMILES string of the molecule is CC1CCCC(S(=O)c2ccc(Br)cc2N)C1. The number of nitrogens with two attached hydrogens (primary N) is 1. The number of halogens is 1. The molecule has 1 saturated carbocycles. The van der Waals surface area contributed by atoms with Gasteiger partial charge in [0.05, 0.1) is 15.7 Å². The van der Waals surface area contributed by atoms with E-state index in [4.69, 9.17) is 5.73 Å². The molecule has 0 heterocycles. The number of anilines is 1. The Kier molecular flexibility index (Phi) is 4.26. The van der Waals surface area contributed by atoms with E-state index in [2.05, 4.69) is 22.9 Å². The number of hydrogen-bond donors (Lipinski definition) is 1. The van der Waals surface area contributed by atoms with Crippen LogP contribution < -0.4 is 5.73 Å². The fourth-order valence-electron chi connectivity index (χ4n) is 2.45. The van der Waals surface area contributed by atoms with Gasteiger partial charge < -0.3 is 5.73 Å². The van der Waals surface area contributed by atoms with Gasteiger partial charge in [-0.05, 0) is 37.0 Å². The largest absolute Gasteiger partial charge is 0.398 e. The first-order valence-corrected chi connectivity index (χ1v) is 8.04. The molecule has 0 saturated heterocycles. The van der Waals surface area contributed by atoms with Crippen molar-refractivity contribution < 1.29 is 4.21 Å². The molecule has 0 aromatic heterocycles. The molecule has 0 radical (unpaired) electrons. The Morgan fingerprint density at radius 1 is 1.41 bits per heavy atom. The molecule has 94 valence electrons. The maximum atomic E-state index is 12.5. The first-order chi connectivity index (χ1) is 8.08. The van der Waals surface area contributed by atoms with E-state index in [0.29, 0.717) is 11.6 Å². The number of nitrogen functional groups attached to an aromatic ring is 1. The van der Waals surface area contributed by atoms with Crippen molar-refractivity contribution in [1.29, 1.82) is 0 Å². The van der Waals surface area contributed by atoms with Crippen LogP contribution >= 0.6 is 15.9 Å². The topological polar surface area (TPSA) is 43.1 Å².